The van der Waals surface area contributed by atoms with Gasteiger partial charge < -0.3 is 4.74 Å². The first-order valence-electron chi connectivity index (χ1n) is 6.66. The van der Waals surface area contributed by atoms with Crippen LogP contribution in [-0.4, -0.2) is 17.3 Å². The average molecular weight is 360 g/mol. The molecule has 0 radical (unpaired) electrons. The maximum absolute atomic E-state index is 11.2. The number of hydrogen-bond donors (Lipinski definition) is 1. The Morgan fingerprint density at radius 3 is 2.65 bits per heavy atom. The highest BCUT2D eigenvalue weighted by Gasteiger charge is 2.34. The van der Waals surface area contributed by atoms with Gasteiger partial charge in [0.2, 0.25) is 0 Å². The third-order valence-electron chi connectivity index (χ3n) is 3.94. The van der Waals surface area contributed by atoms with E-state index in [-0.39, 0.29) is 11.1 Å². The molecule has 2 rings (SSSR count). The summed E-state index contributed by atoms with van der Waals surface area (Å²) in [7, 11) is 0. The molecule has 1 aromatic rings. The van der Waals surface area contributed by atoms with E-state index in [0.717, 1.165) is 24.2 Å². The van der Waals surface area contributed by atoms with Crippen LogP contribution in [0.4, 0.5) is 5.69 Å². The first-order valence-corrected chi connectivity index (χ1v) is 8.08. The summed E-state index contributed by atoms with van der Waals surface area (Å²) in [6.45, 7) is 2.33. The first-order chi connectivity index (χ1) is 9.47. The van der Waals surface area contributed by atoms with Crippen molar-refractivity contribution in [2.75, 3.05) is 12.4 Å². The van der Waals surface area contributed by atoms with Gasteiger partial charge in [-0.1, -0.05) is 28.8 Å². The first kappa shape index (κ1) is 15.6. The van der Waals surface area contributed by atoms with Crippen LogP contribution in [0.2, 0.25) is 0 Å². The number of aryl methyl sites for hydroxylation is 1. The van der Waals surface area contributed by atoms with E-state index in [0.29, 0.717) is 16.8 Å². The van der Waals surface area contributed by atoms with Gasteiger partial charge >= 0.3 is 5.69 Å². The lowest BCUT2D eigenvalue weighted by Crippen LogP contribution is -2.27. The Hall–Kier alpha value is -0.750. The summed E-state index contributed by atoms with van der Waals surface area (Å²) in [5.41, 5.74) is 0.860. The Balaban J connectivity index is 2.22. The fourth-order valence-electron chi connectivity index (χ4n) is 2.73. The van der Waals surface area contributed by atoms with E-state index in [2.05, 4.69) is 28.6 Å². The van der Waals surface area contributed by atoms with E-state index < -0.39 is 4.92 Å². The molecule has 0 aliphatic heterocycles. The summed E-state index contributed by atoms with van der Waals surface area (Å²) >= 11 is 7.72. The van der Waals surface area contributed by atoms with Crippen LogP contribution in [-0.2, 0) is 0 Å². The summed E-state index contributed by atoms with van der Waals surface area (Å²) in [5, 5.41) is 11.2. The normalized spacial score (nSPS) is 17.1. The lowest BCUT2D eigenvalue weighted by atomic mass is 9.90. The number of hydrogen-bond acceptors (Lipinski definition) is 4. The van der Waals surface area contributed by atoms with Gasteiger partial charge in [-0.25, -0.2) is 0 Å². The van der Waals surface area contributed by atoms with Gasteiger partial charge in [-0.05, 0) is 37.1 Å². The summed E-state index contributed by atoms with van der Waals surface area (Å²) in [5.74, 6) is 1.14. The lowest BCUT2D eigenvalue weighted by molar-refractivity contribution is -0.386. The van der Waals surface area contributed by atoms with Crippen LogP contribution < -0.4 is 4.74 Å². The minimum Gasteiger partial charge on any atom is -0.486 e. The number of nitro benzene ring substituents is 1. The zero-order chi connectivity index (χ0) is 14.8. The second kappa shape index (κ2) is 6.35. The predicted molar refractivity (Wildman–Crippen MR) is 85.8 cm³/mol. The largest absolute Gasteiger partial charge is 0.486 e. The predicted octanol–water partition coefficient (Wildman–Crippen LogP) is 4.53. The molecule has 1 aliphatic carbocycles. The summed E-state index contributed by atoms with van der Waals surface area (Å²) in [6, 6.07) is 3.33. The van der Waals surface area contributed by atoms with Gasteiger partial charge in [-0.2, -0.15) is 12.6 Å². The van der Waals surface area contributed by atoms with E-state index in [9.17, 15) is 10.1 Å². The molecular formula is C14H18BrNO3S. The Morgan fingerprint density at radius 2 is 2.10 bits per heavy atom. The van der Waals surface area contributed by atoms with Gasteiger partial charge in [0.05, 0.1) is 11.5 Å². The quantitative estimate of drug-likeness (QED) is 0.477. The Kier molecular flexibility index (Phi) is 4.96. The maximum Gasteiger partial charge on any atom is 0.312 e. The molecule has 0 spiro atoms. The molecule has 4 nitrogen and oxygen atoms in total. The molecule has 0 N–H and O–H groups in total. The number of nitrogens with zero attached hydrogens (tertiary/aromatic N) is 1. The van der Waals surface area contributed by atoms with Gasteiger partial charge in [0, 0.05) is 16.0 Å². The Labute approximate surface area is 132 Å². The van der Waals surface area contributed by atoms with Crippen LogP contribution in [0.15, 0.2) is 16.6 Å². The van der Waals surface area contributed by atoms with Crippen LogP contribution in [0.3, 0.4) is 0 Å². The SMILES string of the molecule is Cc1cc(Br)cc([N+](=O)[O-])c1OCC1(CS)CCCC1. The monoisotopic (exact) mass is 359 g/mol. The molecule has 0 unspecified atom stereocenters. The molecule has 0 saturated heterocycles. The van der Waals surface area contributed by atoms with Crippen LogP contribution >= 0.6 is 28.6 Å². The highest BCUT2D eigenvalue weighted by Crippen LogP contribution is 2.41. The van der Waals surface area contributed by atoms with Gasteiger partial charge in [-0.3, -0.25) is 10.1 Å². The molecule has 0 bridgehead atoms. The lowest BCUT2D eigenvalue weighted by Gasteiger charge is -2.27. The van der Waals surface area contributed by atoms with Crippen LogP contribution in [0.5, 0.6) is 5.75 Å². The number of halogens is 1. The highest BCUT2D eigenvalue weighted by atomic mass is 79.9. The third-order valence-corrected chi connectivity index (χ3v) is 5.07. The zero-order valence-electron chi connectivity index (χ0n) is 11.4. The van der Waals surface area contributed by atoms with Crippen molar-refractivity contribution in [2.24, 2.45) is 5.41 Å². The molecule has 110 valence electrons. The van der Waals surface area contributed by atoms with Crippen LogP contribution in [0.25, 0.3) is 0 Å². The maximum atomic E-state index is 11.2. The van der Waals surface area contributed by atoms with E-state index >= 15 is 0 Å². The molecule has 0 heterocycles. The van der Waals surface area contributed by atoms with Crippen LogP contribution in [0, 0.1) is 22.5 Å². The minimum absolute atomic E-state index is 0.0178. The van der Waals surface area contributed by atoms with Crippen molar-refractivity contribution in [3.05, 3.63) is 32.3 Å². The van der Waals surface area contributed by atoms with Crippen LogP contribution in [0.1, 0.15) is 31.2 Å². The van der Waals surface area contributed by atoms with E-state index in [1.54, 1.807) is 0 Å². The van der Waals surface area contributed by atoms with Gasteiger partial charge in [0.15, 0.2) is 5.75 Å². The third kappa shape index (κ3) is 3.28. The molecule has 0 aromatic heterocycles. The smallest absolute Gasteiger partial charge is 0.312 e. The molecule has 1 fully saturated rings. The van der Waals surface area contributed by atoms with Crippen molar-refractivity contribution in [1.82, 2.24) is 0 Å². The molecule has 20 heavy (non-hydrogen) atoms. The van der Waals surface area contributed by atoms with Crippen molar-refractivity contribution in [3.63, 3.8) is 0 Å². The summed E-state index contributed by atoms with van der Waals surface area (Å²) in [6.07, 6.45) is 4.54. The second-order valence-electron chi connectivity index (χ2n) is 5.48. The number of thiol groups is 1. The van der Waals surface area contributed by atoms with Gasteiger partial charge in [-0.15, -0.1) is 0 Å². The van der Waals surface area contributed by atoms with Gasteiger partial charge in [0.1, 0.15) is 0 Å². The fraction of sp³-hybridized carbons (Fsp3) is 0.571. The molecule has 0 atom stereocenters. The minimum atomic E-state index is -0.394. The Bertz CT molecular complexity index is 515. The van der Waals surface area contributed by atoms with Crippen molar-refractivity contribution < 1.29 is 9.66 Å². The molecule has 1 aromatic carbocycles. The molecule has 1 saturated carbocycles. The number of nitro groups is 1. The Morgan fingerprint density at radius 1 is 1.45 bits per heavy atom. The average Bonchev–Trinajstić information content (AvgIpc) is 2.86. The summed E-state index contributed by atoms with van der Waals surface area (Å²) in [4.78, 5) is 10.8. The molecule has 1 aliphatic rings. The topological polar surface area (TPSA) is 52.4 Å². The van der Waals surface area contributed by atoms with Gasteiger partial charge in [0.25, 0.3) is 0 Å². The zero-order valence-corrected chi connectivity index (χ0v) is 13.9. The van der Waals surface area contributed by atoms with Crippen molar-refractivity contribution >= 4 is 34.2 Å². The van der Waals surface area contributed by atoms with Crippen molar-refractivity contribution in [1.29, 1.82) is 0 Å². The number of rotatable bonds is 5. The van der Waals surface area contributed by atoms with E-state index in [1.807, 2.05) is 13.0 Å². The molecule has 0 amide bonds. The van der Waals surface area contributed by atoms with Crippen molar-refractivity contribution in [2.45, 2.75) is 32.6 Å². The number of benzene rings is 1. The highest BCUT2D eigenvalue weighted by molar-refractivity contribution is 9.10. The standard InChI is InChI=1S/C14H18BrNO3S/c1-10-6-11(15)7-12(16(17)18)13(10)19-8-14(9-20)4-2-3-5-14/h6-7,20H,2-5,8-9H2,1H3. The fourth-order valence-corrected chi connectivity index (χ4v) is 3.70. The second-order valence-corrected chi connectivity index (χ2v) is 6.71. The molecule has 6 heteroatoms. The van der Waals surface area contributed by atoms with E-state index in [4.69, 9.17) is 4.74 Å². The molecular weight excluding hydrogens is 342 g/mol. The number of ether oxygens (including phenoxy) is 1. The van der Waals surface area contributed by atoms with E-state index in [1.165, 1.54) is 18.9 Å². The summed E-state index contributed by atoms with van der Waals surface area (Å²) < 4.78 is 6.54. The van der Waals surface area contributed by atoms with Crippen molar-refractivity contribution in [3.8, 4) is 5.75 Å².